The highest BCUT2D eigenvalue weighted by atomic mass is 16.3. The summed E-state index contributed by atoms with van der Waals surface area (Å²) in [5.41, 5.74) is -0.691. The molecular weight excluding hydrogens is 226 g/mol. The van der Waals surface area contributed by atoms with Crippen LogP contribution >= 0.6 is 0 Å². The van der Waals surface area contributed by atoms with Gasteiger partial charge in [-0.05, 0) is 32.1 Å². The molecule has 1 heterocycles. The molecule has 1 aliphatic rings. The fourth-order valence-corrected chi connectivity index (χ4v) is 2.98. The predicted molar refractivity (Wildman–Crippen MR) is 71.3 cm³/mol. The Morgan fingerprint density at radius 1 is 1.33 bits per heavy atom. The Morgan fingerprint density at radius 2 is 2.00 bits per heavy atom. The number of hydrogen-bond donors (Lipinski definition) is 1. The van der Waals surface area contributed by atoms with Crippen molar-refractivity contribution in [2.24, 2.45) is 5.41 Å². The van der Waals surface area contributed by atoms with Crippen LogP contribution in [-0.4, -0.2) is 25.5 Å². The number of nitrogens with zero attached hydrogens (tertiary/aromatic N) is 3. The predicted octanol–water partition coefficient (Wildman–Crippen LogP) is 2.73. The van der Waals surface area contributed by atoms with Gasteiger partial charge in [0, 0.05) is 12.5 Å². The van der Waals surface area contributed by atoms with Crippen LogP contribution in [0.15, 0.2) is 6.33 Å². The highest BCUT2D eigenvalue weighted by Crippen LogP contribution is 2.45. The Bertz CT molecular complexity index is 411. The molecule has 1 aromatic heterocycles. The largest absolute Gasteiger partial charge is 0.389 e. The first kappa shape index (κ1) is 13.5. The average Bonchev–Trinajstić information content (AvgIpc) is 2.71. The van der Waals surface area contributed by atoms with Crippen molar-refractivity contribution in [1.82, 2.24) is 14.8 Å². The van der Waals surface area contributed by atoms with Crippen LogP contribution in [0.2, 0.25) is 0 Å². The molecule has 1 N–H and O–H groups in total. The second kappa shape index (κ2) is 4.65. The Kier molecular flexibility index (Phi) is 3.49. The van der Waals surface area contributed by atoms with Gasteiger partial charge in [0.25, 0.3) is 0 Å². The van der Waals surface area contributed by atoms with Crippen LogP contribution in [0.5, 0.6) is 0 Å². The quantitative estimate of drug-likeness (QED) is 0.898. The summed E-state index contributed by atoms with van der Waals surface area (Å²) < 4.78 is 1.92. The molecule has 1 saturated carbocycles. The minimum Gasteiger partial charge on any atom is -0.389 e. The lowest BCUT2D eigenvalue weighted by molar-refractivity contribution is -0.0976. The van der Waals surface area contributed by atoms with Gasteiger partial charge in [-0.15, -0.1) is 0 Å². The Morgan fingerprint density at radius 3 is 2.61 bits per heavy atom. The maximum absolute atomic E-state index is 11.0. The summed E-state index contributed by atoms with van der Waals surface area (Å²) in [6.45, 7) is 8.52. The Labute approximate surface area is 109 Å². The van der Waals surface area contributed by atoms with Crippen molar-refractivity contribution in [2.45, 2.75) is 71.4 Å². The molecule has 1 atom stereocenters. The van der Waals surface area contributed by atoms with Gasteiger partial charge in [0.15, 0.2) is 0 Å². The molecule has 0 spiro atoms. The van der Waals surface area contributed by atoms with Gasteiger partial charge in [0.05, 0.1) is 5.60 Å². The normalized spacial score (nSPS) is 27.7. The molecule has 4 heteroatoms. The fourth-order valence-electron chi connectivity index (χ4n) is 2.98. The summed E-state index contributed by atoms with van der Waals surface area (Å²) in [4.78, 5) is 4.33. The standard InChI is InChI=1S/C14H25N3O/c1-11(2)17-12(15-10-16-17)9-14(18)8-6-5-7-13(14,3)4/h10-11,18H,5-9H2,1-4H3. The van der Waals surface area contributed by atoms with E-state index in [9.17, 15) is 5.11 Å². The maximum Gasteiger partial charge on any atom is 0.138 e. The van der Waals surface area contributed by atoms with E-state index < -0.39 is 5.60 Å². The molecule has 102 valence electrons. The number of rotatable bonds is 3. The molecule has 0 aliphatic heterocycles. The van der Waals surface area contributed by atoms with Crippen molar-refractivity contribution in [3.8, 4) is 0 Å². The van der Waals surface area contributed by atoms with Gasteiger partial charge in [-0.2, -0.15) is 5.10 Å². The lowest BCUT2D eigenvalue weighted by Crippen LogP contribution is -2.49. The van der Waals surface area contributed by atoms with Crippen LogP contribution in [0.4, 0.5) is 0 Å². The molecule has 0 radical (unpaired) electrons. The molecule has 0 bridgehead atoms. The van der Waals surface area contributed by atoms with E-state index >= 15 is 0 Å². The van der Waals surface area contributed by atoms with E-state index in [2.05, 4.69) is 37.8 Å². The topological polar surface area (TPSA) is 50.9 Å². The van der Waals surface area contributed by atoms with Crippen molar-refractivity contribution >= 4 is 0 Å². The monoisotopic (exact) mass is 251 g/mol. The zero-order valence-corrected chi connectivity index (χ0v) is 12.0. The molecule has 1 aromatic rings. The first-order valence-corrected chi connectivity index (χ1v) is 6.96. The first-order valence-electron chi connectivity index (χ1n) is 6.96. The van der Waals surface area contributed by atoms with E-state index in [1.165, 1.54) is 6.42 Å². The lowest BCUT2D eigenvalue weighted by Gasteiger charge is -2.46. The van der Waals surface area contributed by atoms with Gasteiger partial charge >= 0.3 is 0 Å². The maximum atomic E-state index is 11.0. The van der Waals surface area contributed by atoms with Gasteiger partial charge in [-0.3, -0.25) is 0 Å². The molecule has 0 aromatic carbocycles. The van der Waals surface area contributed by atoms with E-state index in [4.69, 9.17) is 0 Å². The van der Waals surface area contributed by atoms with Gasteiger partial charge in [-0.25, -0.2) is 9.67 Å². The highest BCUT2D eigenvalue weighted by molar-refractivity contribution is 5.04. The Balaban J connectivity index is 2.23. The molecule has 0 amide bonds. The number of aromatic nitrogens is 3. The average molecular weight is 251 g/mol. The summed E-state index contributed by atoms with van der Waals surface area (Å²) in [5.74, 6) is 0.905. The van der Waals surface area contributed by atoms with Crippen LogP contribution in [-0.2, 0) is 6.42 Å². The number of aliphatic hydroxyl groups is 1. The molecule has 18 heavy (non-hydrogen) atoms. The zero-order chi connectivity index (χ0) is 13.4. The molecular formula is C14H25N3O. The third-order valence-electron chi connectivity index (χ3n) is 4.49. The van der Waals surface area contributed by atoms with Crippen molar-refractivity contribution in [3.05, 3.63) is 12.2 Å². The smallest absolute Gasteiger partial charge is 0.138 e. The summed E-state index contributed by atoms with van der Waals surface area (Å²) >= 11 is 0. The van der Waals surface area contributed by atoms with Crippen molar-refractivity contribution in [1.29, 1.82) is 0 Å². The molecule has 1 aliphatic carbocycles. The van der Waals surface area contributed by atoms with Crippen LogP contribution in [0.1, 0.15) is 65.2 Å². The van der Waals surface area contributed by atoms with Crippen molar-refractivity contribution < 1.29 is 5.11 Å². The second-order valence-corrected chi connectivity index (χ2v) is 6.51. The van der Waals surface area contributed by atoms with E-state index in [1.807, 2.05) is 4.68 Å². The molecule has 1 fully saturated rings. The molecule has 2 rings (SSSR count). The minimum absolute atomic E-state index is 0.0426. The lowest BCUT2D eigenvalue weighted by atomic mass is 9.64. The van der Waals surface area contributed by atoms with Crippen LogP contribution in [0.25, 0.3) is 0 Å². The van der Waals surface area contributed by atoms with Crippen LogP contribution in [0.3, 0.4) is 0 Å². The first-order chi connectivity index (χ1) is 8.36. The van der Waals surface area contributed by atoms with Gasteiger partial charge in [-0.1, -0.05) is 26.7 Å². The van der Waals surface area contributed by atoms with E-state index in [-0.39, 0.29) is 11.5 Å². The van der Waals surface area contributed by atoms with Gasteiger partial charge < -0.3 is 5.11 Å². The third kappa shape index (κ3) is 2.30. The molecule has 0 saturated heterocycles. The SMILES string of the molecule is CC(C)n1ncnc1CC1(O)CCCCC1(C)C. The summed E-state index contributed by atoms with van der Waals surface area (Å²) in [6.07, 6.45) is 6.47. The van der Waals surface area contributed by atoms with Crippen molar-refractivity contribution in [3.63, 3.8) is 0 Å². The molecule has 4 nitrogen and oxygen atoms in total. The summed E-state index contributed by atoms with van der Waals surface area (Å²) in [7, 11) is 0. The van der Waals surface area contributed by atoms with Crippen LogP contribution in [0, 0.1) is 5.41 Å². The fraction of sp³-hybridized carbons (Fsp3) is 0.857. The molecule has 1 unspecified atom stereocenters. The van der Waals surface area contributed by atoms with Gasteiger partial charge in [0.1, 0.15) is 12.2 Å². The van der Waals surface area contributed by atoms with Crippen LogP contribution < -0.4 is 0 Å². The highest BCUT2D eigenvalue weighted by Gasteiger charge is 2.45. The van der Waals surface area contributed by atoms with Crippen molar-refractivity contribution in [2.75, 3.05) is 0 Å². The zero-order valence-electron chi connectivity index (χ0n) is 12.0. The minimum atomic E-state index is -0.648. The second-order valence-electron chi connectivity index (χ2n) is 6.51. The van der Waals surface area contributed by atoms with E-state index in [0.717, 1.165) is 25.1 Å². The summed E-state index contributed by atoms with van der Waals surface area (Å²) in [6, 6.07) is 0.290. The number of hydrogen-bond acceptors (Lipinski definition) is 3. The van der Waals surface area contributed by atoms with E-state index in [1.54, 1.807) is 6.33 Å². The summed E-state index contributed by atoms with van der Waals surface area (Å²) in [5, 5.41) is 15.3. The Hall–Kier alpha value is -0.900. The van der Waals surface area contributed by atoms with E-state index in [0.29, 0.717) is 6.42 Å². The third-order valence-corrected chi connectivity index (χ3v) is 4.49. The van der Waals surface area contributed by atoms with Gasteiger partial charge in [0.2, 0.25) is 0 Å².